The van der Waals surface area contributed by atoms with E-state index in [2.05, 4.69) is 20.8 Å². The van der Waals surface area contributed by atoms with Crippen molar-refractivity contribution in [3.05, 3.63) is 48.0 Å². The lowest BCUT2D eigenvalue weighted by Crippen LogP contribution is -2.28. The second-order valence-electron chi connectivity index (χ2n) is 5.49. The molecule has 1 atom stereocenters. The minimum atomic E-state index is -1.08. The van der Waals surface area contributed by atoms with Gasteiger partial charge >= 0.3 is 11.9 Å². The van der Waals surface area contributed by atoms with E-state index in [9.17, 15) is 9.59 Å². The van der Waals surface area contributed by atoms with Gasteiger partial charge in [0, 0.05) is 5.57 Å². The number of hydrogen-bond acceptors (Lipinski definition) is 3. The Labute approximate surface area is 137 Å². The summed E-state index contributed by atoms with van der Waals surface area (Å²) in [5.41, 5.74) is 0.316. The summed E-state index contributed by atoms with van der Waals surface area (Å²) in [6, 6.07) is 0. The van der Waals surface area contributed by atoms with E-state index in [1.165, 1.54) is 30.7 Å². The van der Waals surface area contributed by atoms with E-state index in [1.54, 1.807) is 12.5 Å². The maximum atomic E-state index is 10.8. The van der Waals surface area contributed by atoms with E-state index in [-0.39, 0.29) is 12.0 Å². The van der Waals surface area contributed by atoms with E-state index in [4.69, 9.17) is 14.9 Å². The molecule has 0 fully saturated rings. The highest BCUT2D eigenvalue weighted by Crippen LogP contribution is 2.31. The largest absolute Gasteiger partial charge is 0.481 e. The van der Waals surface area contributed by atoms with Crippen LogP contribution in [0.2, 0.25) is 0 Å². The molecular formula is C18H26O5. The van der Waals surface area contributed by atoms with Crippen LogP contribution in [-0.4, -0.2) is 22.2 Å². The molecule has 0 spiro atoms. The normalized spacial score (nSPS) is 20.5. The minimum Gasteiger partial charge on any atom is -0.481 e. The van der Waals surface area contributed by atoms with Crippen molar-refractivity contribution < 1.29 is 24.5 Å². The van der Waals surface area contributed by atoms with Gasteiger partial charge in [-0.2, -0.15) is 0 Å². The van der Waals surface area contributed by atoms with Crippen LogP contribution in [0.25, 0.3) is 0 Å². The SMILES string of the molecule is CC1(C(=O)O)C=CC=C(C(=O)O)C1.CCC=COC=C(C)CC. The molecule has 0 saturated heterocycles. The molecule has 0 radical (unpaired) electrons. The van der Waals surface area contributed by atoms with Gasteiger partial charge in [0.05, 0.1) is 17.9 Å². The first kappa shape index (κ1) is 20.7. The van der Waals surface area contributed by atoms with E-state index in [1.807, 2.05) is 6.08 Å². The first-order chi connectivity index (χ1) is 10.8. The molecule has 0 aromatic carbocycles. The number of carboxylic acids is 2. The van der Waals surface area contributed by atoms with Gasteiger partial charge in [-0.15, -0.1) is 0 Å². The summed E-state index contributed by atoms with van der Waals surface area (Å²) in [4.78, 5) is 21.3. The van der Waals surface area contributed by atoms with Crippen LogP contribution in [0.3, 0.4) is 0 Å². The molecule has 2 N–H and O–H groups in total. The van der Waals surface area contributed by atoms with Gasteiger partial charge in [-0.1, -0.05) is 32.1 Å². The van der Waals surface area contributed by atoms with Crippen molar-refractivity contribution in [1.82, 2.24) is 0 Å². The first-order valence-corrected chi connectivity index (χ1v) is 7.58. The molecule has 0 bridgehead atoms. The van der Waals surface area contributed by atoms with Crippen molar-refractivity contribution in [3.63, 3.8) is 0 Å². The highest BCUT2D eigenvalue weighted by molar-refractivity contribution is 5.90. The summed E-state index contributed by atoms with van der Waals surface area (Å²) >= 11 is 0. The number of allylic oxidation sites excluding steroid dienone is 4. The van der Waals surface area contributed by atoms with E-state index >= 15 is 0 Å². The van der Waals surface area contributed by atoms with Gasteiger partial charge in [0.1, 0.15) is 0 Å². The predicted octanol–water partition coefficient (Wildman–Crippen LogP) is 4.29. The standard InChI is InChI=1S/C9H10O4.C9H16O/c1-9(8(12)13)4-2-3-6(5-9)7(10)11;1-4-6-7-10-8-9(3)5-2/h2-4H,5H2,1H3,(H,10,11)(H,12,13);6-8H,4-5H2,1-3H3. The molecule has 0 amide bonds. The molecule has 23 heavy (non-hydrogen) atoms. The second kappa shape index (κ2) is 10.4. The molecular weight excluding hydrogens is 296 g/mol. The molecule has 1 rings (SSSR count). The number of hydrogen-bond donors (Lipinski definition) is 2. The Morgan fingerprint density at radius 1 is 1.35 bits per heavy atom. The van der Waals surface area contributed by atoms with Crippen molar-refractivity contribution in [2.75, 3.05) is 0 Å². The Kier molecular flexibility index (Phi) is 9.39. The molecule has 0 heterocycles. The molecule has 0 aromatic heterocycles. The minimum absolute atomic E-state index is 0.0359. The van der Waals surface area contributed by atoms with Crippen molar-refractivity contribution in [3.8, 4) is 0 Å². The number of carboxylic acid groups (broad SMARTS) is 2. The lowest BCUT2D eigenvalue weighted by atomic mass is 9.80. The fourth-order valence-corrected chi connectivity index (χ4v) is 1.57. The molecule has 0 saturated carbocycles. The van der Waals surface area contributed by atoms with E-state index in [0.717, 1.165) is 12.8 Å². The molecule has 5 heteroatoms. The monoisotopic (exact) mass is 322 g/mol. The van der Waals surface area contributed by atoms with Crippen LogP contribution in [0, 0.1) is 5.41 Å². The second-order valence-corrected chi connectivity index (χ2v) is 5.49. The van der Waals surface area contributed by atoms with Crippen molar-refractivity contribution in [2.45, 2.75) is 47.0 Å². The lowest BCUT2D eigenvalue weighted by Gasteiger charge is -2.23. The van der Waals surface area contributed by atoms with Crippen molar-refractivity contribution >= 4 is 11.9 Å². The van der Waals surface area contributed by atoms with Gasteiger partial charge in [-0.05, 0) is 44.8 Å². The van der Waals surface area contributed by atoms with E-state index in [0.29, 0.717) is 0 Å². The van der Waals surface area contributed by atoms with Crippen LogP contribution >= 0.6 is 0 Å². The Morgan fingerprint density at radius 3 is 2.48 bits per heavy atom. The highest BCUT2D eigenvalue weighted by Gasteiger charge is 2.34. The molecule has 5 nitrogen and oxygen atoms in total. The van der Waals surface area contributed by atoms with Crippen LogP contribution in [0.15, 0.2) is 48.0 Å². The van der Waals surface area contributed by atoms with Gasteiger partial charge in [0.15, 0.2) is 0 Å². The predicted molar refractivity (Wildman–Crippen MR) is 89.8 cm³/mol. The smallest absolute Gasteiger partial charge is 0.331 e. The Bertz CT molecular complexity index is 526. The fourth-order valence-electron chi connectivity index (χ4n) is 1.57. The average molecular weight is 322 g/mol. The maximum absolute atomic E-state index is 10.8. The molecule has 1 unspecified atom stereocenters. The summed E-state index contributed by atoms with van der Waals surface area (Å²) < 4.78 is 5.08. The topological polar surface area (TPSA) is 83.8 Å². The average Bonchev–Trinajstić information content (AvgIpc) is 2.51. The highest BCUT2D eigenvalue weighted by atomic mass is 16.5. The maximum Gasteiger partial charge on any atom is 0.331 e. The molecule has 0 aliphatic heterocycles. The Balaban J connectivity index is 0.000000438. The van der Waals surface area contributed by atoms with Gasteiger partial charge < -0.3 is 14.9 Å². The summed E-state index contributed by atoms with van der Waals surface area (Å²) in [7, 11) is 0. The van der Waals surface area contributed by atoms with Crippen LogP contribution in [0.4, 0.5) is 0 Å². The third-order valence-corrected chi connectivity index (χ3v) is 3.32. The first-order valence-electron chi connectivity index (χ1n) is 7.58. The number of rotatable bonds is 6. The number of carbonyl (C=O) groups is 2. The van der Waals surface area contributed by atoms with Gasteiger partial charge in [0.2, 0.25) is 0 Å². The van der Waals surface area contributed by atoms with Gasteiger partial charge in [-0.25, -0.2) is 4.79 Å². The Morgan fingerprint density at radius 2 is 2.00 bits per heavy atom. The fraction of sp³-hybridized carbons (Fsp3) is 0.444. The van der Waals surface area contributed by atoms with Gasteiger partial charge in [-0.3, -0.25) is 4.79 Å². The van der Waals surface area contributed by atoms with Crippen molar-refractivity contribution in [2.24, 2.45) is 5.41 Å². The molecule has 1 aliphatic rings. The zero-order valence-electron chi connectivity index (χ0n) is 14.2. The number of ether oxygens (including phenoxy) is 1. The zero-order valence-corrected chi connectivity index (χ0v) is 14.2. The van der Waals surface area contributed by atoms with Crippen LogP contribution in [0.1, 0.15) is 47.0 Å². The third-order valence-electron chi connectivity index (χ3n) is 3.32. The van der Waals surface area contributed by atoms with Crippen LogP contribution in [0.5, 0.6) is 0 Å². The Hall–Kier alpha value is -2.30. The van der Waals surface area contributed by atoms with Crippen molar-refractivity contribution in [1.29, 1.82) is 0 Å². The lowest BCUT2D eigenvalue weighted by molar-refractivity contribution is -0.145. The number of aliphatic carboxylic acids is 2. The summed E-state index contributed by atoms with van der Waals surface area (Å²) in [6.45, 7) is 7.75. The quantitative estimate of drug-likeness (QED) is 0.713. The summed E-state index contributed by atoms with van der Waals surface area (Å²) in [5, 5.41) is 17.5. The third kappa shape index (κ3) is 8.04. The molecule has 128 valence electrons. The van der Waals surface area contributed by atoms with Gasteiger partial charge in [0.25, 0.3) is 0 Å². The molecule has 0 aromatic rings. The molecule has 1 aliphatic carbocycles. The van der Waals surface area contributed by atoms with E-state index < -0.39 is 17.4 Å². The van der Waals surface area contributed by atoms with Crippen LogP contribution < -0.4 is 0 Å². The zero-order chi connectivity index (χ0) is 17.9. The van der Waals surface area contributed by atoms with Crippen LogP contribution in [-0.2, 0) is 14.3 Å². The summed E-state index contributed by atoms with van der Waals surface area (Å²) in [6.07, 6.45) is 12.0. The summed E-state index contributed by atoms with van der Waals surface area (Å²) in [5.74, 6) is -2.06.